The summed E-state index contributed by atoms with van der Waals surface area (Å²) in [6, 6.07) is 18.9. The Morgan fingerprint density at radius 2 is 1.71 bits per heavy atom. The molecule has 0 saturated carbocycles. The van der Waals surface area contributed by atoms with Crippen LogP contribution in [0.1, 0.15) is 23.6 Å². The average Bonchev–Trinajstić information content (AvgIpc) is 3.11. The molecular formula is C30H30FN5O5S. The number of anilines is 1. The number of halogens is 1. The fourth-order valence-corrected chi connectivity index (χ4v) is 4.56. The SMILES string of the molecule is CC(=O)N[C@@H](Cc1ccc(F)cc1)C(=O)ON1C(=O)C(N(C)C(=O)C(N)CS)N=C(c2ccccc2)c2ccccc21. The minimum atomic E-state index is -1.46. The van der Waals surface area contributed by atoms with E-state index >= 15 is 0 Å². The van der Waals surface area contributed by atoms with Gasteiger partial charge < -0.3 is 20.8 Å². The van der Waals surface area contributed by atoms with Gasteiger partial charge in [0.15, 0.2) is 0 Å². The number of nitrogens with one attached hydrogen (secondary N) is 1. The van der Waals surface area contributed by atoms with Crippen LogP contribution in [-0.2, 0) is 30.4 Å². The number of nitrogens with zero attached hydrogens (tertiary/aromatic N) is 3. The zero-order valence-electron chi connectivity index (χ0n) is 22.9. The Morgan fingerprint density at radius 1 is 1.07 bits per heavy atom. The van der Waals surface area contributed by atoms with Crippen molar-refractivity contribution in [2.45, 2.75) is 31.6 Å². The first kappa shape index (κ1) is 30.4. The first-order valence-electron chi connectivity index (χ1n) is 13.0. The summed E-state index contributed by atoms with van der Waals surface area (Å²) >= 11 is 4.10. The van der Waals surface area contributed by atoms with Crippen LogP contribution in [-0.4, -0.2) is 65.4 Å². The quantitative estimate of drug-likeness (QED) is 0.327. The van der Waals surface area contributed by atoms with Crippen molar-refractivity contribution in [3.05, 3.63) is 101 Å². The highest BCUT2D eigenvalue weighted by Crippen LogP contribution is 2.30. The van der Waals surface area contributed by atoms with Gasteiger partial charge in [-0.1, -0.05) is 60.7 Å². The molecule has 0 aromatic heterocycles. The van der Waals surface area contributed by atoms with E-state index in [4.69, 9.17) is 10.6 Å². The van der Waals surface area contributed by atoms with Crippen LogP contribution in [0, 0.1) is 5.82 Å². The van der Waals surface area contributed by atoms with Crippen LogP contribution < -0.4 is 16.1 Å². The molecule has 1 aliphatic heterocycles. The van der Waals surface area contributed by atoms with Crippen molar-refractivity contribution in [3.8, 4) is 0 Å². The second-order valence-electron chi connectivity index (χ2n) is 9.60. The van der Waals surface area contributed by atoms with Crippen molar-refractivity contribution >= 4 is 47.7 Å². The highest BCUT2D eigenvalue weighted by molar-refractivity contribution is 7.80. The predicted octanol–water partition coefficient (Wildman–Crippen LogP) is 2.26. The lowest BCUT2D eigenvalue weighted by molar-refractivity contribution is -0.155. The molecule has 3 N–H and O–H groups in total. The highest BCUT2D eigenvalue weighted by Gasteiger charge is 2.40. The number of likely N-dealkylation sites (N-methyl/N-ethyl adjacent to an activating group) is 1. The van der Waals surface area contributed by atoms with Crippen LogP contribution >= 0.6 is 12.6 Å². The number of para-hydroxylation sites is 1. The molecule has 3 aromatic rings. The molecule has 3 amide bonds. The number of benzene rings is 3. The van der Waals surface area contributed by atoms with Crippen LogP contribution in [0.15, 0.2) is 83.9 Å². The van der Waals surface area contributed by atoms with E-state index in [0.29, 0.717) is 22.4 Å². The second kappa shape index (κ2) is 13.4. The maximum atomic E-state index is 14.1. The minimum Gasteiger partial charge on any atom is -0.343 e. The Balaban J connectivity index is 1.78. The van der Waals surface area contributed by atoms with Crippen LogP contribution in [0.2, 0.25) is 0 Å². The van der Waals surface area contributed by atoms with Gasteiger partial charge in [0, 0.05) is 37.3 Å². The first-order chi connectivity index (χ1) is 20.1. The number of amides is 3. The highest BCUT2D eigenvalue weighted by atomic mass is 32.1. The summed E-state index contributed by atoms with van der Waals surface area (Å²) < 4.78 is 13.5. The molecule has 1 heterocycles. The van der Waals surface area contributed by atoms with Crippen molar-refractivity contribution in [1.82, 2.24) is 10.2 Å². The number of hydroxylamine groups is 1. The fraction of sp³-hybridized carbons (Fsp3) is 0.233. The van der Waals surface area contributed by atoms with Gasteiger partial charge in [0.2, 0.25) is 18.0 Å². The van der Waals surface area contributed by atoms with Crippen molar-refractivity contribution in [3.63, 3.8) is 0 Å². The Hall–Kier alpha value is -4.55. The van der Waals surface area contributed by atoms with Crippen molar-refractivity contribution in [2.24, 2.45) is 10.7 Å². The van der Waals surface area contributed by atoms with E-state index in [1.54, 1.807) is 48.5 Å². The normalized spacial score (nSPS) is 15.9. The largest absolute Gasteiger partial charge is 0.355 e. The van der Waals surface area contributed by atoms with Crippen molar-refractivity contribution in [1.29, 1.82) is 0 Å². The van der Waals surface area contributed by atoms with Gasteiger partial charge in [0.05, 0.1) is 17.4 Å². The van der Waals surface area contributed by atoms with Crippen molar-refractivity contribution in [2.75, 3.05) is 17.9 Å². The van der Waals surface area contributed by atoms with E-state index in [2.05, 4.69) is 22.9 Å². The number of carbonyl (C=O) groups excluding carboxylic acids is 4. The van der Waals surface area contributed by atoms with Gasteiger partial charge in [0.25, 0.3) is 0 Å². The molecule has 10 nitrogen and oxygen atoms in total. The third-order valence-electron chi connectivity index (χ3n) is 6.52. The van der Waals surface area contributed by atoms with Gasteiger partial charge in [-0.05, 0) is 23.8 Å². The number of fused-ring (bicyclic) bond motifs is 1. The Morgan fingerprint density at radius 3 is 2.36 bits per heavy atom. The number of rotatable bonds is 9. The molecule has 2 unspecified atom stereocenters. The molecule has 4 rings (SSSR count). The molecule has 0 fully saturated rings. The van der Waals surface area contributed by atoms with Gasteiger partial charge >= 0.3 is 11.9 Å². The van der Waals surface area contributed by atoms with E-state index in [1.807, 2.05) is 6.07 Å². The van der Waals surface area contributed by atoms with Crippen LogP contribution in [0.25, 0.3) is 0 Å². The summed E-state index contributed by atoms with van der Waals surface area (Å²) in [6.45, 7) is 1.23. The monoisotopic (exact) mass is 591 g/mol. The molecule has 3 aromatic carbocycles. The van der Waals surface area contributed by atoms with E-state index in [0.717, 1.165) is 9.96 Å². The van der Waals surface area contributed by atoms with Gasteiger partial charge in [-0.2, -0.15) is 12.6 Å². The Kier molecular flexibility index (Phi) is 9.71. The second-order valence-corrected chi connectivity index (χ2v) is 9.96. The molecule has 1 aliphatic rings. The van der Waals surface area contributed by atoms with E-state index in [9.17, 15) is 23.6 Å². The topological polar surface area (TPSA) is 134 Å². The van der Waals surface area contributed by atoms with Crippen LogP contribution in [0.3, 0.4) is 0 Å². The number of nitrogens with two attached hydrogens (primary N) is 1. The number of hydrogen-bond donors (Lipinski definition) is 3. The number of carbonyl (C=O) groups is 4. The lowest BCUT2D eigenvalue weighted by atomic mass is 10.0. The molecule has 0 saturated heterocycles. The summed E-state index contributed by atoms with van der Waals surface area (Å²) in [5.74, 6) is -3.34. The smallest absolute Gasteiger partial charge is 0.343 e. The molecule has 0 radical (unpaired) electrons. The number of benzodiazepines with no additional fused rings is 1. The molecule has 0 spiro atoms. The van der Waals surface area contributed by atoms with Crippen LogP contribution in [0.4, 0.5) is 10.1 Å². The van der Waals surface area contributed by atoms with Crippen molar-refractivity contribution < 1.29 is 28.4 Å². The number of thiol groups is 1. The van der Waals surface area contributed by atoms with Gasteiger partial charge in [0.1, 0.15) is 11.9 Å². The van der Waals surface area contributed by atoms with E-state index in [1.165, 1.54) is 38.2 Å². The van der Waals surface area contributed by atoms with Gasteiger partial charge in [-0.15, -0.1) is 5.06 Å². The summed E-state index contributed by atoms with van der Waals surface area (Å²) in [6.07, 6.45) is -1.50. The number of hydrogen-bond acceptors (Lipinski definition) is 8. The van der Waals surface area contributed by atoms with Crippen LogP contribution in [0.5, 0.6) is 0 Å². The van der Waals surface area contributed by atoms with E-state index in [-0.39, 0.29) is 17.9 Å². The maximum Gasteiger partial charge on any atom is 0.355 e. The molecule has 218 valence electrons. The lowest BCUT2D eigenvalue weighted by Crippen LogP contribution is -2.54. The standard InChI is InChI=1S/C30H30FN5O5S/c1-18(37)33-24(16-19-12-14-21(31)15-13-19)30(40)41-36-25-11-7-6-10-22(25)26(20-8-4-3-5-9-20)34-27(29(36)39)35(2)28(38)23(32)17-42/h3-15,23-24,27,42H,16-17,32H2,1-2H3,(H,33,37)/t23?,24-,27?/m0/s1. The molecular weight excluding hydrogens is 561 g/mol. The zero-order valence-corrected chi connectivity index (χ0v) is 23.8. The number of aliphatic imine (C=N–C) groups is 1. The lowest BCUT2D eigenvalue weighted by Gasteiger charge is -2.30. The summed E-state index contributed by atoms with van der Waals surface area (Å²) in [5, 5.41) is 3.32. The summed E-state index contributed by atoms with van der Waals surface area (Å²) in [5.41, 5.74) is 8.18. The first-order valence-corrected chi connectivity index (χ1v) is 13.7. The third kappa shape index (κ3) is 6.84. The molecule has 0 bridgehead atoms. The summed E-state index contributed by atoms with van der Waals surface area (Å²) in [7, 11) is 1.38. The van der Waals surface area contributed by atoms with E-state index < -0.39 is 47.8 Å². The Labute approximate surface area is 247 Å². The molecule has 12 heteroatoms. The van der Waals surface area contributed by atoms with Gasteiger partial charge in [-0.25, -0.2) is 14.2 Å². The molecule has 42 heavy (non-hydrogen) atoms. The molecule has 3 atom stereocenters. The minimum absolute atomic E-state index is 0.0278. The predicted molar refractivity (Wildman–Crippen MR) is 158 cm³/mol. The van der Waals surface area contributed by atoms with Gasteiger partial charge in [-0.3, -0.25) is 14.4 Å². The third-order valence-corrected chi connectivity index (χ3v) is 6.92. The zero-order chi connectivity index (χ0) is 30.4. The maximum absolute atomic E-state index is 14.1. The summed E-state index contributed by atoms with van der Waals surface area (Å²) in [4.78, 5) is 64.1. The average molecular weight is 592 g/mol. The fourth-order valence-electron chi connectivity index (χ4n) is 4.40. The Bertz CT molecular complexity index is 1500. The molecule has 0 aliphatic carbocycles.